The summed E-state index contributed by atoms with van der Waals surface area (Å²) in [4.78, 5) is 4.94. The van der Waals surface area contributed by atoms with E-state index in [2.05, 4.69) is 20.9 Å². The molecule has 0 radical (unpaired) electrons. The number of alkyl halides is 1. The molecule has 1 heterocycles. The van der Waals surface area contributed by atoms with E-state index in [4.69, 9.17) is 4.74 Å². The Morgan fingerprint density at radius 2 is 2.18 bits per heavy atom. The molecule has 0 N–H and O–H groups in total. The van der Waals surface area contributed by atoms with Crippen LogP contribution in [0, 0.1) is 12.3 Å². The molecule has 3 rings (SSSR count). The number of rotatable bonds is 2. The third kappa shape index (κ3) is 1.79. The average molecular weight is 296 g/mol. The van der Waals surface area contributed by atoms with Gasteiger partial charge in [0.2, 0.25) is 0 Å². The highest BCUT2D eigenvalue weighted by molar-refractivity contribution is 9.09. The quantitative estimate of drug-likeness (QED) is 0.773. The van der Waals surface area contributed by atoms with Gasteiger partial charge in [-0.25, -0.2) is 0 Å². The van der Waals surface area contributed by atoms with Crippen molar-refractivity contribution in [2.45, 2.75) is 50.0 Å². The average Bonchev–Trinajstić information content (AvgIpc) is 2.83. The number of ether oxygens (including phenoxy) is 1. The summed E-state index contributed by atoms with van der Waals surface area (Å²) >= 11 is 3.82. The van der Waals surface area contributed by atoms with Gasteiger partial charge in [0.15, 0.2) is 0 Å². The monoisotopic (exact) mass is 295 g/mol. The summed E-state index contributed by atoms with van der Waals surface area (Å²) in [6.07, 6.45) is 8.68. The van der Waals surface area contributed by atoms with Crippen LogP contribution >= 0.6 is 15.9 Å². The molecule has 0 bridgehead atoms. The smallest absolute Gasteiger partial charge is 0.140 e. The number of halogens is 1. The van der Waals surface area contributed by atoms with Crippen molar-refractivity contribution in [1.82, 2.24) is 4.98 Å². The van der Waals surface area contributed by atoms with E-state index in [9.17, 15) is 0 Å². The highest BCUT2D eigenvalue weighted by atomic mass is 79.9. The zero-order valence-corrected chi connectivity index (χ0v) is 11.7. The number of nitrogens with zero attached hydrogens (tertiary/aromatic N) is 1. The minimum absolute atomic E-state index is 0.386. The van der Waals surface area contributed by atoms with E-state index in [1.807, 2.05) is 25.3 Å². The number of hydrogen-bond acceptors (Lipinski definition) is 2. The molecule has 1 aromatic rings. The minimum Gasteiger partial charge on any atom is -0.488 e. The van der Waals surface area contributed by atoms with Crippen molar-refractivity contribution in [2.24, 2.45) is 5.41 Å². The SMILES string of the molecule is Cc1ncccc1OC1CC(Br)C12CCCC2. The normalized spacial score (nSPS) is 30.2. The molecule has 17 heavy (non-hydrogen) atoms. The van der Waals surface area contributed by atoms with Crippen molar-refractivity contribution >= 4 is 15.9 Å². The Morgan fingerprint density at radius 1 is 1.41 bits per heavy atom. The molecule has 0 saturated heterocycles. The molecule has 2 saturated carbocycles. The molecule has 2 fully saturated rings. The molecule has 2 aliphatic rings. The van der Waals surface area contributed by atoms with E-state index < -0.39 is 0 Å². The molecule has 1 spiro atoms. The largest absolute Gasteiger partial charge is 0.488 e. The van der Waals surface area contributed by atoms with E-state index >= 15 is 0 Å². The fourth-order valence-electron chi connectivity index (χ4n) is 3.28. The van der Waals surface area contributed by atoms with Crippen molar-refractivity contribution in [3.8, 4) is 5.75 Å². The maximum atomic E-state index is 6.20. The molecule has 2 unspecified atom stereocenters. The van der Waals surface area contributed by atoms with Gasteiger partial charge in [-0.05, 0) is 38.3 Å². The third-order valence-electron chi connectivity index (χ3n) is 4.45. The lowest BCUT2D eigenvalue weighted by Gasteiger charge is -2.51. The molecule has 92 valence electrons. The van der Waals surface area contributed by atoms with Gasteiger partial charge < -0.3 is 4.74 Å². The Morgan fingerprint density at radius 3 is 2.82 bits per heavy atom. The van der Waals surface area contributed by atoms with Gasteiger partial charge in [0.1, 0.15) is 11.9 Å². The van der Waals surface area contributed by atoms with Crippen LogP contribution in [0.3, 0.4) is 0 Å². The zero-order valence-electron chi connectivity index (χ0n) is 10.2. The van der Waals surface area contributed by atoms with Gasteiger partial charge in [-0.2, -0.15) is 0 Å². The summed E-state index contributed by atoms with van der Waals surface area (Å²) in [6, 6.07) is 3.99. The first-order valence-electron chi connectivity index (χ1n) is 6.45. The van der Waals surface area contributed by atoms with E-state index in [0.717, 1.165) is 17.9 Å². The number of pyridine rings is 1. The van der Waals surface area contributed by atoms with E-state index in [1.165, 1.54) is 25.7 Å². The number of aryl methyl sites for hydroxylation is 1. The van der Waals surface area contributed by atoms with Crippen LogP contribution in [-0.2, 0) is 0 Å². The summed E-state index contributed by atoms with van der Waals surface area (Å²) in [7, 11) is 0. The number of hydrogen-bond donors (Lipinski definition) is 0. The third-order valence-corrected chi connectivity index (χ3v) is 5.73. The maximum absolute atomic E-state index is 6.20. The highest BCUT2D eigenvalue weighted by Gasteiger charge is 2.56. The van der Waals surface area contributed by atoms with Crippen LogP contribution in [0.5, 0.6) is 5.75 Å². The second-order valence-corrected chi connectivity index (χ2v) is 6.44. The second kappa shape index (κ2) is 4.27. The van der Waals surface area contributed by atoms with Crippen LogP contribution in [0.1, 0.15) is 37.8 Å². The Kier molecular flexibility index (Phi) is 2.89. The predicted octanol–water partition coefficient (Wildman–Crippen LogP) is 3.87. The Balaban J connectivity index is 1.77. The molecule has 0 aliphatic heterocycles. The van der Waals surface area contributed by atoms with Crippen molar-refractivity contribution < 1.29 is 4.74 Å². The Labute approximate surface area is 111 Å². The first-order valence-corrected chi connectivity index (χ1v) is 7.36. The summed E-state index contributed by atoms with van der Waals surface area (Å²) < 4.78 is 6.20. The second-order valence-electron chi connectivity index (χ2n) is 5.34. The first-order chi connectivity index (χ1) is 8.22. The van der Waals surface area contributed by atoms with E-state index in [1.54, 1.807) is 0 Å². The molecular weight excluding hydrogens is 278 g/mol. The lowest BCUT2D eigenvalue weighted by Crippen LogP contribution is -2.55. The molecule has 2 aliphatic carbocycles. The topological polar surface area (TPSA) is 22.1 Å². The lowest BCUT2D eigenvalue weighted by molar-refractivity contribution is -0.0309. The van der Waals surface area contributed by atoms with E-state index in [0.29, 0.717) is 16.3 Å². The van der Waals surface area contributed by atoms with Gasteiger partial charge in [-0.1, -0.05) is 28.8 Å². The Bertz CT molecular complexity index is 414. The van der Waals surface area contributed by atoms with Crippen LogP contribution in [0.25, 0.3) is 0 Å². The Hall–Kier alpha value is -0.570. The van der Waals surface area contributed by atoms with Gasteiger partial charge >= 0.3 is 0 Å². The zero-order chi connectivity index (χ0) is 11.9. The van der Waals surface area contributed by atoms with Gasteiger partial charge in [0.05, 0.1) is 5.69 Å². The van der Waals surface area contributed by atoms with Gasteiger partial charge in [-0.15, -0.1) is 0 Å². The standard InChI is InChI=1S/C14H18BrNO/c1-10-11(5-4-8-16-10)17-13-9-12(15)14(13)6-2-3-7-14/h4-5,8,12-13H,2-3,6-7,9H2,1H3. The molecule has 2 nitrogen and oxygen atoms in total. The van der Waals surface area contributed by atoms with Gasteiger partial charge in [0, 0.05) is 16.4 Å². The molecule has 3 heteroatoms. The summed E-state index contributed by atoms with van der Waals surface area (Å²) in [5.41, 5.74) is 1.40. The van der Waals surface area contributed by atoms with E-state index in [-0.39, 0.29) is 0 Å². The predicted molar refractivity (Wildman–Crippen MR) is 71.6 cm³/mol. The number of aromatic nitrogens is 1. The highest BCUT2D eigenvalue weighted by Crippen LogP contribution is 2.57. The lowest BCUT2D eigenvalue weighted by atomic mass is 9.64. The van der Waals surface area contributed by atoms with Crippen molar-refractivity contribution in [3.63, 3.8) is 0 Å². The van der Waals surface area contributed by atoms with Gasteiger partial charge in [-0.3, -0.25) is 4.98 Å². The summed E-state index contributed by atoms with van der Waals surface area (Å²) in [6.45, 7) is 2.01. The van der Waals surface area contributed by atoms with Crippen LogP contribution in [0.4, 0.5) is 0 Å². The fourth-order valence-corrected chi connectivity index (χ4v) is 4.37. The fraction of sp³-hybridized carbons (Fsp3) is 0.643. The van der Waals surface area contributed by atoms with Crippen LogP contribution in [0.15, 0.2) is 18.3 Å². The van der Waals surface area contributed by atoms with Crippen LogP contribution in [-0.4, -0.2) is 15.9 Å². The summed E-state index contributed by atoms with van der Waals surface area (Å²) in [5, 5.41) is 0. The molecule has 2 atom stereocenters. The van der Waals surface area contributed by atoms with Crippen LogP contribution in [0.2, 0.25) is 0 Å². The molecule has 0 amide bonds. The molecular formula is C14H18BrNO. The first kappa shape index (κ1) is 11.5. The molecule has 0 aromatic carbocycles. The maximum Gasteiger partial charge on any atom is 0.140 e. The van der Waals surface area contributed by atoms with Crippen molar-refractivity contribution in [2.75, 3.05) is 0 Å². The van der Waals surface area contributed by atoms with Gasteiger partial charge in [0.25, 0.3) is 0 Å². The van der Waals surface area contributed by atoms with Crippen LogP contribution < -0.4 is 4.74 Å². The summed E-state index contributed by atoms with van der Waals surface area (Å²) in [5.74, 6) is 0.961. The van der Waals surface area contributed by atoms with Crippen molar-refractivity contribution in [1.29, 1.82) is 0 Å². The molecule has 1 aromatic heterocycles. The van der Waals surface area contributed by atoms with Crippen molar-refractivity contribution in [3.05, 3.63) is 24.0 Å². The minimum atomic E-state index is 0.386.